The van der Waals surface area contributed by atoms with E-state index in [9.17, 15) is 13.2 Å². The van der Waals surface area contributed by atoms with Crippen LogP contribution in [-0.4, -0.2) is 52.5 Å². The molecule has 0 aliphatic heterocycles. The molecule has 0 radical (unpaired) electrons. The summed E-state index contributed by atoms with van der Waals surface area (Å²) in [5, 5.41) is 3.44. The standard InChI is InChI=1S/C27H26ClN3O6S2/c1-5-39(33,34)18-9-7-17(8-10-18)25(37-21-11-6-16(15-29-2)12-19(21)28)26(32)31-27-30-20-13-22(35-3)23(36-4)14-24(20)38-27/h6-15,25H,5H2,1-4H3,(H,30,31,32)/b29-15+. The van der Waals surface area contributed by atoms with Gasteiger partial charge in [-0.3, -0.25) is 15.1 Å². The predicted molar refractivity (Wildman–Crippen MR) is 154 cm³/mol. The second kappa shape index (κ2) is 12.0. The average molecular weight is 588 g/mol. The molecule has 1 N–H and O–H groups in total. The van der Waals surface area contributed by atoms with Gasteiger partial charge in [0.15, 0.2) is 26.5 Å². The first-order valence-electron chi connectivity index (χ1n) is 11.7. The Hall–Kier alpha value is -3.67. The van der Waals surface area contributed by atoms with Crippen molar-refractivity contribution in [1.82, 2.24) is 4.98 Å². The van der Waals surface area contributed by atoms with E-state index in [1.54, 1.807) is 69.8 Å². The molecule has 1 unspecified atom stereocenters. The highest BCUT2D eigenvalue weighted by Gasteiger charge is 2.26. The third-order valence-corrected chi connectivity index (χ3v) is 8.74. The van der Waals surface area contributed by atoms with Gasteiger partial charge in [0, 0.05) is 31.0 Å². The Morgan fingerprint density at radius 1 is 1.08 bits per heavy atom. The zero-order valence-electron chi connectivity index (χ0n) is 21.6. The number of carbonyl (C=O) groups excluding carboxylic acids is 1. The van der Waals surface area contributed by atoms with E-state index in [0.717, 1.165) is 10.3 Å². The van der Waals surface area contributed by atoms with Crippen molar-refractivity contribution in [3.63, 3.8) is 0 Å². The van der Waals surface area contributed by atoms with Crippen LogP contribution in [0.5, 0.6) is 17.2 Å². The molecule has 1 atom stereocenters. The molecule has 39 heavy (non-hydrogen) atoms. The molecule has 0 saturated heterocycles. The molecule has 1 aromatic heterocycles. The number of fused-ring (bicyclic) bond motifs is 1. The maximum absolute atomic E-state index is 13.6. The number of rotatable bonds is 10. The summed E-state index contributed by atoms with van der Waals surface area (Å²) in [6.45, 7) is 1.57. The summed E-state index contributed by atoms with van der Waals surface area (Å²) >= 11 is 7.70. The molecule has 9 nitrogen and oxygen atoms in total. The van der Waals surface area contributed by atoms with Crippen LogP contribution in [0.2, 0.25) is 5.02 Å². The van der Waals surface area contributed by atoms with Crippen LogP contribution in [0.25, 0.3) is 10.2 Å². The highest BCUT2D eigenvalue weighted by molar-refractivity contribution is 7.91. The lowest BCUT2D eigenvalue weighted by Crippen LogP contribution is -2.26. The molecule has 4 rings (SSSR count). The number of methoxy groups -OCH3 is 2. The third-order valence-electron chi connectivity index (χ3n) is 5.76. The van der Waals surface area contributed by atoms with Gasteiger partial charge < -0.3 is 14.2 Å². The molecule has 0 saturated carbocycles. The smallest absolute Gasteiger partial charge is 0.271 e. The number of anilines is 1. The SMILES string of the molecule is CCS(=O)(=O)c1ccc(C(Oc2ccc(/C=N/C)cc2Cl)C(=O)Nc2nc3cc(OC)c(OC)cc3s2)cc1. The van der Waals surface area contributed by atoms with Crippen LogP contribution >= 0.6 is 22.9 Å². The lowest BCUT2D eigenvalue weighted by molar-refractivity contribution is -0.123. The first-order chi connectivity index (χ1) is 18.7. The lowest BCUT2D eigenvalue weighted by atomic mass is 10.1. The molecule has 1 heterocycles. The van der Waals surface area contributed by atoms with Gasteiger partial charge in [-0.1, -0.05) is 42.0 Å². The summed E-state index contributed by atoms with van der Waals surface area (Å²) in [5.74, 6) is 0.774. The molecule has 0 aliphatic rings. The first kappa shape index (κ1) is 28.3. The van der Waals surface area contributed by atoms with Crippen LogP contribution < -0.4 is 19.5 Å². The zero-order chi connectivity index (χ0) is 28.2. The fourth-order valence-electron chi connectivity index (χ4n) is 3.74. The lowest BCUT2D eigenvalue weighted by Gasteiger charge is -2.20. The van der Waals surface area contributed by atoms with E-state index in [4.69, 9.17) is 25.8 Å². The van der Waals surface area contributed by atoms with Gasteiger partial charge in [-0.05, 0) is 35.9 Å². The Kier molecular flexibility index (Phi) is 8.73. The van der Waals surface area contributed by atoms with Crippen LogP contribution in [0.4, 0.5) is 5.13 Å². The third kappa shape index (κ3) is 6.32. The summed E-state index contributed by atoms with van der Waals surface area (Å²) in [7, 11) is 1.31. The molecule has 204 valence electrons. The number of aliphatic imine (C=N–C) groups is 1. The molecule has 12 heteroatoms. The van der Waals surface area contributed by atoms with E-state index in [1.807, 2.05) is 0 Å². The number of carbonyl (C=O) groups is 1. The predicted octanol–water partition coefficient (Wildman–Crippen LogP) is 5.57. The van der Waals surface area contributed by atoms with Crippen LogP contribution in [-0.2, 0) is 14.6 Å². The largest absolute Gasteiger partial charge is 0.493 e. The molecular weight excluding hydrogens is 562 g/mol. The van der Waals surface area contributed by atoms with Gasteiger partial charge in [0.05, 0.1) is 40.1 Å². The number of nitrogens with one attached hydrogen (secondary N) is 1. The summed E-state index contributed by atoms with van der Waals surface area (Å²) in [4.78, 5) is 22.2. The van der Waals surface area contributed by atoms with Gasteiger partial charge in [-0.25, -0.2) is 13.4 Å². The molecule has 0 aliphatic carbocycles. The summed E-state index contributed by atoms with van der Waals surface area (Å²) in [5.41, 5.74) is 1.82. The second-order valence-corrected chi connectivity index (χ2v) is 11.9. The molecule has 0 fully saturated rings. The molecule has 4 aromatic rings. The number of thiazole rings is 1. The Bertz CT molecular complexity index is 1590. The van der Waals surface area contributed by atoms with E-state index in [1.165, 1.54) is 30.6 Å². The van der Waals surface area contributed by atoms with Gasteiger partial charge in [0.25, 0.3) is 5.91 Å². The second-order valence-electron chi connectivity index (χ2n) is 8.23. The highest BCUT2D eigenvalue weighted by atomic mass is 35.5. The topological polar surface area (TPSA) is 116 Å². The number of benzene rings is 3. The van der Waals surface area contributed by atoms with Crippen molar-refractivity contribution in [3.8, 4) is 17.2 Å². The average Bonchev–Trinajstić information content (AvgIpc) is 3.32. The van der Waals surface area contributed by atoms with Crippen molar-refractivity contribution < 1.29 is 27.4 Å². The van der Waals surface area contributed by atoms with Crippen LogP contribution in [0, 0.1) is 0 Å². The van der Waals surface area contributed by atoms with Gasteiger partial charge in [0.2, 0.25) is 6.10 Å². The van der Waals surface area contributed by atoms with Crippen LogP contribution in [0.15, 0.2) is 64.5 Å². The number of ether oxygens (including phenoxy) is 3. The Balaban J connectivity index is 1.68. The molecule has 3 aromatic carbocycles. The number of hydrogen-bond donors (Lipinski definition) is 1. The van der Waals surface area contributed by atoms with E-state index >= 15 is 0 Å². The monoisotopic (exact) mass is 587 g/mol. The summed E-state index contributed by atoms with van der Waals surface area (Å²) < 4.78 is 42.2. The number of aromatic nitrogens is 1. The van der Waals surface area contributed by atoms with E-state index in [-0.39, 0.29) is 21.4 Å². The van der Waals surface area contributed by atoms with Crippen molar-refractivity contribution in [2.45, 2.75) is 17.9 Å². The molecular formula is C27H26ClN3O6S2. The number of halogens is 1. The Morgan fingerprint density at radius 2 is 1.77 bits per heavy atom. The number of amides is 1. The van der Waals surface area contributed by atoms with Crippen molar-refractivity contribution >= 4 is 60.2 Å². The maximum atomic E-state index is 13.6. The van der Waals surface area contributed by atoms with E-state index in [2.05, 4.69) is 15.3 Å². The fraction of sp³-hybridized carbons (Fsp3) is 0.222. The number of sulfone groups is 1. The Labute approximate surface area is 235 Å². The van der Waals surface area contributed by atoms with E-state index < -0.39 is 21.8 Å². The fourth-order valence-corrected chi connectivity index (χ4v) is 5.73. The van der Waals surface area contributed by atoms with Crippen molar-refractivity contribution in [2.75, 3.05) is 32.3 Å². The Morgan fingerprint density at radius 3 is 2.38 bits per heavy atom. The summed E-state index contributed by atoms with van der Waals surface area (Å²) in [6, 6.07) is 14.6. The minimum atomic E-state index is -3.42. The van der Waals surface area contributed by atoms with Gasteiger partial charge in [-0.2, -0.15) is 0 Å². The van der Waals surface area contributed by atoms with Gasteiger partial charge >= 0.3 is 0 Å². The van der Waals surface area contributed by atoms with Crippen molar-refractivity contribution in [1.29, 1.82) is 0 Å². The van der Waals surface area contributed by atoms with Crippen LogP contribution in [0.3, 0.4) is 0 Å². The quantitative estimate of drug-likeness (QED) is 0.241. The van der Waals surface area contributed by atoms with Gasteiger partial charge in [-0.15, -0.1) is 0 Å². The minimum absolute atomic E-state index is 0.0387. The molecule has 1 amide bonds. The first-order valence-corrected chi connectivity index (χ1v) is 14.6. The molecule has 0 spiro atoms. The van der Waals surface area contributed by atoms with E-state index in [0.29, 0.717) is 27.7 Å². The van der Waals surface area contributed by atoms with Gasteiger partial charge in [0.1, 0.15) is 5.75 Å². The van der Waals surface area contributed by atoms with Crippen molar-refractivity contribution in [3.05, 3.63) is 70.7 Å². The normalized spacial score (nSPS) is 12.4. The maximum Gasteiger partial charge on any atom is 0.271 e. The van der Waals surface area contributed by atoms with Crippen LogP contribution in [0.1, 0.15) is 24.2 Å². The zero-order valence-corrected chi connectivity index (χ0v) is 24.0. The number of nitrogens with zero attached hydrogens (tertiary/aromatic N) is 2. The number of hydrogen-bond acceptors (Lipinski definition) is 9. The minimum Gasteiger partial charge on any atom is -0.493 e. The molecule has 0 bridgehead atoms. The van der Waals surface area contributed by atoms with Crippen molar-refractivity contribution in [2.24, 2.45) is 4.99 Å². The summed E-state index contributed by atoms with van der Waals surface area (Å²) in [6.07, 6.45) is 0.479. The highest BCUT2D eigenvalue weighted by Crippen LogP contribution is 2.37.